The second kappa shape index (κ2) is 8.02. The summed E-state index contributed by atoms with van der Waals surface area (Å²) in [6, 6.07) is 9.63. The molecule has 0 spiro atoms. The molecule has 1 aromatic carbocycles. The summed E-state index contributed by atoms with van der Waals surface area (Å²) in [6.45, 7) is 6.27. The van der Waals surface area contributed by atoms with Crippen LogP contribution in [0, 0.1) is 6.92 Å². The highest BCUT2D eigenvalue weighted by molar-refractivity contribution is 5.74. The number of aromatic nitrogens is 1. The summed E-state index contributed by atoms with van der Waals surface area (Å²) in [5.74, 6) is 1.64. The number of hydrogen-bond donors (Lipinski definition) is 1. The highest BCUT2D eigenvalue weighted by Gasteiger charge is 2.21. The number of nitrogens with zero attached hydrogens (tertiary/aromatic N) is 3. The maximum absolute atomic E-state index is 12.3. The molecule has 1 N–H and O–H groups in total. The standard InChI is InChI=1S/C18H24N4O3/c1-14-11-16(20-25-14)13-21-7-9-22(10-8-21)18(23)19-12-15-3-5-17(24-2)6-4-15/h3-6,11H,7-10,12-13H2,1-2H3,(H,19,23). The number of benzene rings is 1. The average molecular weight is 344 g/mol. The first-order valence-corrected chi connectivity index (χ1v) is 8.44. The minimum atomic E-state index is -0.0206. The molecule has 0 saturated carbocycles. The average Bonchev–Trinajstić information content (AvgIpc) is 3.05. The third-order valence-corrected chi connectivity index (χ3v) is 4.32. The van der Waals surface area contributed by atoms with Crippen LogP contribution in [0.5, 0.6) is 5.75 Å². The van der Waals surface area contributed by atoms with Gasteiger partial charge in [0.2, 0.25) is 0 Å². The van der Waals surface area contributed by atoms with Gasteiger partial charge in [-0.05, 0) is 24.6 Å². The number of piperazine rings is 1. The Kier molecular flexibility index (Phi) is 5.55. The fraction of sp³-hybridized carbons (Fsp3) is 0.444. The van der Waals surface area contributed by atoms with Gasteiger partial charge in [0.05, 0.1) is 12.8 Å². The zero-order chi connectivity index (χ0) is 17.6. The Morgan fingerprint density at radius 1 is 1.24 bits per heavy atom. The van der Waals surface area contributed by atoms with Crippen LogP contribution in [0.3, 0.4) is 0 Å². The van der Waals surface area contributed by atoms with Gasteiger partial charge in [-0.1, -0.05) is 17.3 Å². The molecule has 0 bridgehead atoms. The van der Waals surface area contributed by atoms with Crippen LogP contribution in [-0.2, 0) is 13.1 Å². The quantitative estimate of drug-likeness (QED) is 0.898. The van der Waals surface area contributed by atoms with Gasteiger partial charge in [-0.2, -0.15) is 0 Å². The highest BCUT2D eigenvalue weighted by Crippen LogP contribution is 2.12. The lowest BCUT2D eigenvalue weighted by atomic mass is 10.2. The summed E-state index contributed by atoms with van der Waals surface area (Å²) in [7, 11) is 1.64. The molecule has 2 aromatic rings. The Bertz CT molecular complexity index is 691. The third kappa shape index (κ3) is 4.73. The fourth-order valence-electron chi connectivity index (χ4n) is 2.86. The number of rotatable bonds is 5. The minimum Gasteiger partial charge on any atom is -0.497 e. The maximum Gasteiger partial charge on any atom is 0.317 e. The second-order valence-electron chi connectivity index (χ2n) is 6.20. The molecular weight excluding hydrogens is 320 g/mol. The Morgan fingerprint density at radius 3 is 2.56 bits per heavy atom. The first-order valence-electron chi connectivity index (χ1n) is 8.44. The molecule has 25 heavy (non-hydrogen) atoms. The normalized spacial score (nSPS) is 15.2. The minimum absolute atomic E-state index is 0.0206. The van der Waals surface area contributed by atoms with Crippen molar-refractivity contribution in [3.8, 4) is 5.75 Å². The molecule has 1 saturated heterocycles. The van der Waals surface area contributed by atoms with Crippen molar-refractivity contribution in [1.29, 1.82) is 0 Å². The van der Waals surface area contributed by atoms with Gasteiger partial charge in [0.25, 0.3) is 0 Å². The summed E-state index contributed by atoms with van der Waals surface area (Å²) in [5.41, 5.74) is 1.99. The molecule has 1 fully saturated rings. The van der Waals surface area contributed by atoms with Crippen LogP contribution in [0.15, 0.2) is 34.9 Å². The monoisotopic (exact) mass is 344 g/mol. The smallest absolute Gasteiger partial charge is 0.317 e. The van der Waals surface area contributed by atoms with Crippen LogP contribution in [0.25, 0.3) is 0 Å². The molecule has 2 amide bonds. The fourth-order valence-corrected chi connectivity index (χ4v) is 2.86. The number of methoxy groups -OCH3 is 1. The van der Waals surface area contributed by atoms with Crippen molar-refractivity contribution in [3.63, 3.8) is 0 Å². The van der Waals surface area contributed by atoms with Gasteiger partial charge in [-0.25, -0.2) is 4.79 Å². The van der Waals surface area contributed by atoms with E-state index in [0.717, 1.165) is 42.4 Å². The van der Waals surface area contributed by atoms with Crippen molar-refractivity contribution in [3.05, 3.63) is 47.3 Å². The van der Waals surface area contributed by atoms with Crippen molar-refractivity contribution in [1.82, 2.24) is 20.3 Å². The predicted molar refractivity (Wildman–Crippen MR) is 93.3 cm³/mol. The van der Waals surface area contributed by atoms with Crippen molar-refractivity contribution in [2.45, 2.75) is 20.0 Å². The molecular formula is C18H24N4O3. The van der Waals surface area contributed by atoms with Crippen LogP contribution < -0.4 is 10.1 Å². The molecule has 0 unspecified atom stereocenters. The zero-order valence-corrected chi connectivity index (χ0v) is 14.7. The number of carbonyl (C=O) groups is 1. The molecule has 1 aromatic heterocycles. The molecule has 0 atom stereocenters. The van der Waals surface area contributed by atoms with Crippen LogP contribution in [0.4, 0.5) is 4.79 Å². The first kappa shape index (κ1) is 17.3. The number of hydrogen-bond acceptors (Lipinski definition) is 5. The second-order valence-corrected chi connectivity index (χ2v) is 6.20. The van der Waals surface area contributed by atoms with Crippen LogP contribution in [0.2, 0.25) is 0 Å². The lowest BCUT2D eigenvalue weighted by molar-refractivity contribution is 0.133. The first-order chi connectivity index (χ1) is 12.1. The van der Waals surface area contributed by atoms with E-state index in [2.05, 4.69) is 15.4 Å². The van der Waals surface area contributed by atoms with E-state index in [1.807, 2.05) is 42.2 Å². The SMILES string of the molecule is COc1ccc(CNC(=O)N2CCN(Cc3cc(C)on3)CC2)cc1. The van der Waals surface area contributed by atoms with Gasteiger partial charge in [0, 0.05) is 45.3 Å². The van der Waals surface area contributed by atoms with E-state index in [9.17, 15) is 4.79 Å². The van der Waals surface area contributed by atoms with Gasteiger partial charge in [0.1, 0.15) is 11.5 Å². The molecule has 0 radical (unpaired) electrons. The van der Waals surface area contributed by atoms with Crippen molar-refractivity contribution >= 4 is 6.03 Å². The van der Waals surface area contributed by atoms with Crippen LogP contribution in [-0.4, -0.2) is 54.3 Å². The van der Waals surface area contributed by atoms with Gasteiger partial charge in [-0.15, -0.1) is 0 Å². The molecule has 1 aliphatic heterocycles. The number of aryl methyl sites for hydroxylation is 1. The molecule has 2 heterocycles. The summed E-state index contributed by atoms with van der Waals surface area (Å²) in [6.07, 6.45) is 0. The van der Waals surface area contributed by atoms with E-state index in [-0.39, 0.29) is 6.03 Å². The molecule has 0 aliphatic carbocycles. The summed E-state index contributed by atoms with van der Waals surface area (Å²) >= 11 is 0. The van der Waals surface area contributed by atoms with Crippen LogP contribution >= 0.6 is 0 Å². The lowest BCUT2D eigenvalue weighted by Gasteiger charge is -2.34. The van der Waals surface area contributed by atoms with Crippen molar-refractivity contribution < 1.29 is 14.1 Å². The number of carbonyl (C=O) groups excluding carboxylic acids is 1. The predicted octanol–water partition coefficient (Wildman–Crippen LogP) is 2.02. The Morgan fingerprint density at radius 2 is 1.96 bits per heavy atom. The van der Waals surface area contributed by atoms with Gasteiger partial charge >= 0.3 is 6.03 Å². The van der Waals surface area contributed by atoms with E-state index in [1.54, 1.807) is 7.11 Å². The maximum atomic E-state index is 12.3. The summed E-state index contributed by atoms with van der Waals surface area (Å²) in [4.78, 5) is 16.4. The number of urea groups is 1. The number of amides is 2. The molecule has 134 valence electrons. The zero-order valence-electron chi connectivity index (χ0n) is 14.7. The Balaban J connectivity index is 1.41. The van der Waals surface area contributed by atoms with E-state index in [1.165, 1.54) is 0 Å². The van der Waals surface area contributed by atoms with Crippen LogP contribution in [0.1, 0.15) is 17.0 Å². The molecule has 7 nitrogen and oxygen atoms in total. The summed E-state index contributed by atoms with van der Waals surface area (Å²) < 4.78 is 10.2. The van der Waals surface area contributed by atoms with E-state index < -0.39 is 0 Å². The Labute approximate surface area is 147 Å². The lowest BCUT2D eigenvalue weighted by Crippen LogP contribution is -2.51. The van der Waals surface area contributed by atoms with Gasteiger partial charge < -0.3 is 19.5 Å². The Hall–Kier alpha value is -2.54. The topological polar surface area (TPSA) is 70.8 Å². The van der Waals surface area contributed by atoms with E-state index >= 15 is 0 Å². The number of nitrogens with one attached hydrogen (secondary N) is 1. The largest absolute Gasteiger partial charge is 0.497 e. The molecule has 3 rings (SSSR count). The third-order valence-electron chi connectivity index (χ3n) is 4.32. The highest BCUT2D eigenvalue weighted by atomic mass is 16.5. The molecule has 1 aliphatic rings. The van der Waals surface area contributed by atoms with E-state index in [0.29, 0.717) is 19.6 Å². The van der Waals surface area contributed by atoms with Gasteiger partial charge in [-0.3, -0.25) is 4.90 Å². The van der Waals surface area contributed by atoms with E-state index in [4.69, 9.17) is 9.26 Å². The molecule has 7 heteroatoms. The summed E-state index contributed by atoms with van der Waals surface area (Å²) in [5, 5.41) is 7.00. The van der Waals surface area contributed by atoms with Gasteiger partial charge in [0.15, 0.2) is 0 Å². The van der Waals surface area contributed by atoms with Crippen molar-refractivity contribution in [2.24, 2.45) is 0 Å². The number of ether oxygens (including phenoxy) is 1. The van der Waals surface area contributed by atoms with Crippen molar-refractivity contribution in [2.75, 3.05) is 33.3 Å².